The number of rotatable bonds is 4. The number of nitrogens with zero attached hydrogens (tertiary/aromatic N) is 1. The van der Waals surface area contributed by atoms with Crippen LogP contribution in [0.15, 0.2) is 41.0 Å². The van der Waals surface area contributed by atoms with E-state index in [1.54, 1.807) is 7.11 Å². The molecule has 0 radical (unpaired) electrons. The van der Waals surface area contributed by atoms with Gasteiger partial charge in [-0.15, -0.1) is 0 Å². The molecule has 2 aromatic rings. The fourth-order valence-electron chi connectivity index (χ4n) is 1.75. The summed E-state index contributed by atoms with van der Waals surface area (Å²) in [6, 6.07) is 9.83. The topological polar surface area (TPSA) is 34.4 Å². The third kappa shape index (κ3) is 2.70. The second-order valence-corrected chi connectivity index (χ2v) is 4.61. The van der Waals surface area contributed by atoms with Crippen LogP contribution in [-0.4, -0.2) is 16.8 Å². The molecule has 4 heteroatoms. The Balaban J connectivity index is 2.22. The van der Waals surface area contributed by atoms with Gasteiger partial charge in [-0.25, -0.2) is 0 Å². The molecule has 0 aliphatic heterocycles. The van der Waals surface area contributed by atoms with E-state index in [0.717, 1.165) is 28.0 Å². The normalized spacial score (nSPS) is 10.5. The smallest absolute Gasteiger partial charge is 0.133 e. The maximum Gasteiger partial charge on any atom is 0.133 e. The summed E-state index contributed by atoms with van der Waals surface area (Å²) in [5.41, 5.74) is 2.07. The number of halogens is 1. The van der Waals surface area contributed by atoms with Crippen molar-refractivity contribution in [3.05, 3.63) is 52.3 Å². The quantitative estimate of drug-likeness (QED) is 0.941. The summed E-state index contributed by atoms with van der Waals surface area (Å²) in [5.74, 6) is 0.823. The van der Waals surface area contributed by atoms with E-state index in [9.17, 15) is 5.11 Å². The molecule has 17 heavy (non-hydrogen) atoms. The first-order valence-electron chi connectivity index (χ1n) is 5.32. The van der Waals surface area contributed by atoms with Crippen molar-refractivity contribution >= 4 is 15.9 Å². The van der Waals surface area contributed by atoms with Crippen LogP contribution in [-0.2, 0) is 13.2 Å². The first kappa shape index (κ1) is 12.2. The standard InChI is InChI=1S/C13H14BrNO2/c1-17-13-5-4-10(7-12(13)14)8-15-6-2-3-11(15)9-16/h2-7,16H,8-9H2,1H3. The molecule has 2 rings (SSSR count). The summed E-state index contributed by atoms with van der Waals surface area (Å²) >= 11 is 3.46. The minimum absolute atomic E-state index is 0.0598. The van der Waals surface area contributed by atoms with Gasteiger partial charge in [0.15, 0.2) is 0 Å². The van der Waals surface area contributed by atoms with Crippen LogP contribution in [0.25, 0.3) is 0 Å². The van der Waals surface area contributed by atoms with E-state index >= 15 is 0 Å². The zero-order valence-corrected chi connectivity index (χ0v) is 11.1. The lowest BCUT2D eigenvalue weighted by Gasteiger charge is -2.09. The predicted octanol–water partition coefficient (Wildman–Crippen LogP) is 2.80. The van der Waals surface area contributed by atoms with Gasteiger partial charge in [-0.2, -0.15) is 0 Å². The van der Waals surface area contributed by atoms with Crippen molar-refractivity contribution in [1.29, 1.82) is 0 Å². The minimum atomic E-state index is 0.0598. The van der Waals surface area contributed by atoms with Crippen LogP contribution < -0.4 is 4.74 Å². The van der Waals surface area contributed by atoms with Gasteiger partial charge in [0.05, 0.1) is 18.2 Å². The van der Waals surface area contributed by atoms with Crippen LogP contribution in [0.2, 0.25) is 0 Å². The molecule has 3 nitrogen and oxygen atoms in total. The molecule has 0 unspecified atom stereocenters. The highest BCUT2D eigenvalue weighted by atomic mass is 79.9. The van der Waals surface area contributed by atoms with Gasteiger partial charge in [0.2, 0.25) is 0 Å². The van der Waals surface area contributed by atoms with Gasteiger partial charge in [-0.3, -0.25) is 0 Å². The number of methoxy groups -OCH3 is 1. The lowest BCUT2D eigenvalue weighted by Crippen LogP contribution is -2.03. The van der Waals surface area contributed by atoms with E-state index in [0.29, 0.717) is 0 Å². The summed E-state index contributed by atoms with van der Waals surface area (Å²) in [7, 11) is 1.65. The van der Waals surface area contributed by atoms with Crippen LogP contribution in [0.5, 0.6) is 5.75 Å². The molecular weight excluding hydrogens is 282 g/mol. The van der Waals surface area contributed by atoms with Crippen molar-refractivity contribution in [3.63, 3.8) is 0 Å². The summed E-state index contributed by atoms with van der Waals surface area (Å²) in [5, 5.41) is 9.17. The minimum Gasteiger partial charge on any atom is -0.496 e. The fourth-order valence-corrected chi connectivity index (χ4v) is 2.34. The maximum absolute atomic E-state index is 9.17. The van der Waals surface area contributed by atoms with Crippen molar-refractivity contribution in [1.82, 2.24) is 4.57 Å². The highest BCUT2D eigenvalue weighted by Crippen LogP contribution is 2.26. The Morgan fingerprint density at radius 1 is 1.35 bits per heavy atom. The summed E-state index contributed by atoms with van der Waals surface area (Å²) in [6.45, 7) is 0.801. The Morgan fingerprint density at radius 2 is 2.18 bits per heavy atom. The maximum atomic E-state index is 9.17. The van der Waals surface area contributed by atoms with Crippen LogP contribution >= 0.6 is 15.9 Å². The molecule has 1 aromatic carbocycles. The molecule has 0 fully saturated rings. The summed E-state index contributed by atoms with van der Waals surface area (Å²) in [6.07, 6.45) is 1.96. The van der Waals surface area contributed by atoms with Crippen molar-refractivity contribution in [2.45, 2.75) is 13.2 Å². The number of ether oxygens (including phenoxy) is 1. The second-order valence-electron chi connectivity index (χ2n) is 3.75. The van der Waals surface area contributed by atoms with Gasteiger partial charge in [0.25, 0.3) is 0 Å². The van der Waals surface area contributed by atoms with Crippen molar-refractivity contribution in [3.8, 4) is 5.75 Å². The van der Waals surface area contributed by atoms with Gasteiger partial charge < -0.3 is 14.4 Å². The largest absolute Gasteiger partial charge is 0.496 e. The molecule has 0 saturated heterocycles. The van der Waals surface area contributed by atoms with Crippen molar-refractivity contribution < 1.29 is 9.84 Å². The van der Waals surface area contributed by atoms with Crippen molar-refractivity contribution in [2.24, 2.45) is 0 Å². The van der Waals surface area contributed by atoms with Gasteiger partial charge in [-0.05, 0) is 45.8 Å². The van der Waals surface area contributed by atoms with Gasteiger partial charge in [0, 0.05) is 18.4 Å². The zero-order valence-electron chi connectivity index (χ0n) is 9.56. The predicted molar refractivity (Wildman–Crippen MR) is 70.2 cm³/mol. The SMILES string of the molecule is COc1ccc(Cn2cccc2CO)cc1Br. The molecule has 0 bridgehead atoms. The molecule has 1 N–H and O–H groups in total. The Labute approximate surface area is 109 Å². The lowest BCUT2D eigenvalue weighted by atomic mass is 10.2. The number of hydrogen-bond acceptors (Lipinski definition) is 2. The average Bonchev–Trinajstić information content (AvgIpc) is 2.76. The number of aliphatic hydroxyl groups excluding tert-OH is 1. The molecule has 0 spiro atoms. The fraction of sp³-hybridized carbons (Fsp3) is 0.231. The van der Waals surface area contributed by atoms with Crippen LogP contribution in [0, 0.1) is 0 Å². The number of hydrogen-bond donors (Lipinski definition) is 1. The van der Waals surface area contributed by atoms with Gasteiger partial charge >= 0.3 is 0 Å². The summed E-state index contributed by atoms with van der Waals surface area (Å²) < 4.78 is 8.15. The third-order valence-electron chi connectivity index (χ3n) is 2.65. The Hall–Kier alpha value is -1.26. The highest BCUT2D eigenvalue weighted by Gasteiger charge is 2.04. The Bertz CT molecular complexity index is 508. The van der Waals surface area contributed by atoms with E-state index in [4.69, 9.17) is 4.74 Å². The van der Waals surface area contributed by atoms with E-state index in [2.05, 4.69) is 15.9 Å². The van der Waals surface area contributed by atoms with E-state index in [-0.39, 0.29) is 6.61 Å². The van der Waals surface area contributed by atoms with Crippen molar-refractivity contribution in [2.75, 3.05) is 7.11 Å². The molecule has 1 aromatic heterocycles. The number of aromatic nitrogens is 1. The van der Waals surface area contributed by atoms with E-state index in [1.807, 2.05) is 41.1 Å². The molecule has 0 aliphatic rings. The highest BCUT2D eigenvalue weighted by molar-refractivity contribution is 9.10. The third-order valence-corrected chi connectivity index (χ3v) is 3.27. The van der Waals surface area contributed by atoms with Crippen LogP contribution in [0.1, 0.15) is 11.3 Å². The lowest BCUT2D eigenvalue weighted by molar-refractivity contribution is 0.271. The second kappa shape index (κ2) is 5.38. The molecular formula is C13H14BrNO2. The molecule has 1 heterocycles. The summed E-state index contributed by atoms with van der Waals surface area (Å²) in [4.78, 5) is 0. The molecule has 0 atom stereocenters. The van der Waals surface area contributed by atoms with Gasteiger partial charge in [0.1, 0.15) is 5.75 Å². The first-order valence-corrected chi connectivity index (χ1v) is 6.11. The molecule has 0 aliphatic carbocycles. The van der Waals surface area contributed by atoms with Crippen LogP contribution in [0.3, 0.4) is 0 Å². The Kier molecular flexibility index (Phi) is 3.86. The molecule has 0 amide bonds. The van der Waals surface area contributed by atoms with E-state index < -0.39 is 0 Å². The average molecular weight is 296 g/mol. The molecule has 90 valence electrons. The molecule has 0 saturated carbocycles. The zero-order chi connectivity index (χ0) is 12.3. The van der Waals surface area contributed by atoms with Crippen LogP contribution in [0.4, 0.5) is 0 Å². The first-order chi connectivity index (χ1) is 8.24. The monoisotopic (exact) mass is 295 g/mol. The van der Waals surface area contributed by atoms with Gasteiger partial charge in [-0.1, -0.05) is 6.07 Å². The van der Waals surface area contributed by atoms with E-state index in [1.165, 1.54) is 0 Å². The number of benzene rings is 1. The Morgan fingerprint density at radius 3 is 2.82 bits per heavy atom. The number of aliphatic hydroxyl groups is 1.